The number of ether oxygens (including phenoxy) is 1. The standard InChI is InChI=1S/C80H103ClF3N11O11S4/c1-54(56-18-20-58(21-19-56)73-55(2)86-53-108-73)87-76(100)69-46-64(96)50-95(69)77(101)74(78(3,4)5)89-72(98)17-13-9-12-16-71(97)85-35-37-91(7)52-79(6)34-32-67(57-22-26-61(81)27-23-57)60(48-79)49-93-38-40-94(41-39-93)63-28-24-59(25-29-63)75(99)90-110(104,105)66-30-31-68(70(47-66)109(102,103)80(82,83)84)88-62(33-36-92-42-44-106-45-43-92)51-107-65-14-10-8-11-15-65/h8,10-11,14-15,18-31,47,53-54,62,64,69,74,88,96H,9,12-13,16-17,32-46,48-52H2,1-7H3,(H,85,97)(H,87,100)(H,89,98)(H,90,99)/t54-,62+,64+,69-,74+,79?/m0/s1. The van der Waals surface area contributed by atoms with Crippen LogP contribution in [0, 0.1) is 17.8 Å². The highest BCUT2D eigenvalue weighted by molar-refractivity contribution is 7.99. The summed E-state index contributed by atoms with van der Waals surface area (Å²) in [5.74, 6) is -1.92. The van der Waals surface area contributed by atoms with E-state index in [1.807, 2.05) is 112 Å². The van der Waals surface area contributed by atoms with E-state index in [0.717, 1.165) is 95.4 Å². The van der Waals surface area contributed by atoms with Crippen LogP contribution in [0.1, 0.15) is 132 Å². The molecule has 3 fully saturated rings. The number of aromatic nitrogens is 1. The zero-order valence-electron chi connectivity index (χ0n) is 63.5. The van der Waals surface area contributed by atoms with E-state index >= 15 is 0 Å². The normalized spacial score (nSPS) is 19.2. The molecule has 30 heteroatoms. The highest BCUT2D eigenvalue weighted by Gasteiger charge is 2.49. The monoisotopic (exact) mass is 1610 g/mol. The third-order valence-electron chi connectivity index (χ3n) is 20.9. The summed E-state index contributed by atoms with van der Waals surface area (Å²) < 4.78 is 105. The summed E-state index contributed by atoms with van der Waals surface area (Å²) in [5.41, 5.74) is 2.18. The maximum absolute atomic E-state index is 14.4. The predicted octanol–water partition coefficient (Wildman–Crippen LogP) is 11.6. The molecule has 6 aromatic rings. The summed E-state index contributed by atoms with van der Waals surface area (Å²) in [7, 11) is -8.96. The minimum absolute atomic E-state index is 0.0343. The number of likely N-dealkylation sites (N-methyl/N-ethyl adjacent to an activating group) is 1. The summed E-state index contributed by atoms with van der Waals surface area (Å²) >= 11 is 9.37. The number of nitrogens with one attached hydrogen (secondary N) is 5. The number of carbonyl (C=O) groups is 5. The Morgan fingerprint density at radius 3 is 2.15 bits per heavy atom. The number of morpholine rings is 1. The third-order valence-corrected chi connectivity index (χ3v) is 26.1. The number of rotatable bonds is 33. The van der Waals surface area contributed by atoms with Gasteiger partial charge in [0.25, 0.3) is 25.8 Å². The Bertz CT molecular complexity index is 4410. The number of likely N-dealkylation sites (tertiary alicyclic amines) is 1. The molecular formula is C80H103ClF3N11O11S4. The van der Waals surface area contributed by atoms with Crippen LogP contribution in [0.3, 0.4) is 0 Å². The maximum Gasteiger partial charge on any atom is 0.501 e. The molecule has 6 atom stereocenters. The molecule has 110 heavy (non-hydrogen) atoms. The van der Waals surface area contributed by atoms with Gasteiger partial charge in [-0.3, -0.25) is 33.8 Å². The van der Waals surface area contributed by atoms with Crippen LogP contribution in [0.15, 0.2) is 147 Å². The third kappa shape index (κ3) is 23.1. The van der Waals surface area contributed by atoms with Gasteiger partial charge >= 0.3 is 5.51 Å². The summed E-state index contributed by atoms with van der Waals surface area (Å²) in [6.45, 7) is 19.9. The van der Waals surface area contributed by atoms with Crippen molar-refractivity contribution in [1.82, 2.24) is 45.3 Å². The average molecular weight is 1620 g/mol. The molecule has 3 saturated heterocycles. The highest BCUT2D eigenvalue weighted by Crippen LogP contribution is 2.44. The quantitative estimate of drug-likeness (QED) is 0.0165. The van der Waals surface area contributed by atoms with E-state index in [2.05, 4.69) is 72.0 Å². The number of piperazine rings is 1. The molecule has 0 spiro atoms. The van der Waals surface area contributed by atoms with Crippen LogP contribution in [0.5, 0.6) is 0 Å². The first-order chi connectivity index (χ1) is 52.2. The number of aryl methyl sites for hydroxylation is 1. The van der Waals surface area contributed by atoms with Crippen molar-refractivity contribution in [3.8, 4) is 10.4 Å². The molecule has 1 unspecified atom stereocenters. The van der Waals surface area contributed by atoms with Crippen LogP contribution < -0.4 is 30.9 Å². The average Bonchev–Trinajstić information content (AvgIpc) is 0.911. The lowest BCUT2D eigenvalue weighted by Crippen LogP contribution is -2.57. The first-order valence-corrected chi connectivity index (χ1v) is 42.8. The zero-order valence-corrected chi connectivity index (χ0v) is 67.6. The number of unbranched alkanes of at least 4 members (excludes halogenated alkanes) is 2. The Morgan fingerprint density at radius 1 is 0.827 bits per heavy atom. The van der Waals surface area contributed by atoms with Crippen molar-refractivity contribution in [3.63, 3.8) is 0 Å². The number of aliphatic hydroxyl groups excluding tert-OH is 1. The number of amides is 5. The molecule has 5 amide bonds. The van der Waals surface area contributed by atoms with Crippen molar-refractivity contribution >= 4 is 101 Å². The largest absolute Gasteiger partial charge is 0.501 e. The lowest BCUT2D eigenvalue weighted by Gasteiger charge is -2.42. The second-order valence-electron chi connectivity index (χ2n) is 30.7. The molecule has 5 aromatic carbocycles. The SMILES string of the molecule is Cc1ncsc1-c1ccc([C@H](C)NC(=O)[C@@H]2C[C@@H](O)CN2C(=O)[C@@H](NC(=O)CCCCCC(=O)NCCN(C)CC2(C)CCC(c3ccc(Cl)cc3)=C(CN3CCN(c4ccc(C(=O)NS(=O)(=O)c5ccc(N[C@H](CCN6CCOCC6)CSc6ccccc6)c(S(=O)(=O)C(F)(F)F)c5)cc4)CC3)C2)C(C)(C)C)cc1. The van der Waals surface area contributed by atoms with E-state index in [1.54, 1.807) is 23.5 Å². The number of hydrogen-bond acceptors (Lipinski definition) is 19. The number of aliphatic hydroxyl groups is 1. The molecule has 6 N–H and O–H groups in total. The number of carbonyl (C=O) groups excluding carboxylic acids is 5. The first kappa shape index (κ1) is 85.0. The Balaban J connectivity index is 0.665. The number of anilines is 2. The van der Waals surface area contributed by atoms with Crippen LogP contribution in [0.4, 0.5) is 24.5 Å². The van der Waals surface area contributed by atoms with E-state index in [0.29, 0.717) is 108 Å². The number of alkyl halides is 3. The minimum atomic E-state index is -6.11. The number of halogens is 4. The van der Waals surface area contributed by atoms with E-state index in [4.69, 9.17) is 16.3 Å². The van der Waals surface area contributed by atoms with Crippen LogP contribution in [-0.4, -0.2) is 210 Å². The molecule has 10 rings (SSSR count). The van der Waals surface area contributed by atoms with Gasteiger partial charge in [0.15, 0.2) is 0 Å². The van der Waals surface area contributed by atoms with Crippen molar-refractivity contribution in [2.75, 3.05) is 115 Å². The number of thioether (sulfide) groups is 1. The molecule has 22 nitrogen and oxygen atoms in total. The van der Waals surface area contributed by atoms with Gasteiger partial charge < -0.3 is 45.8 Å². The predicted molar refractivity (Wildman–Crippen MR) is 426 cm³/mol. The molecule has 596 valence electrons. The molecule has 0 bridgehead atoms. The topological polar surface area (TPSA) is 272 Å². The first-order valence-electron chi connectivity index (χ1n) is 37.6. The van der Waals surface area contributed by atoms with Gasteiger partial charge in [0.1, 0.15) is 17.0 Å². The van der Waals surface area contributed by atoms with Gasteiger partial charge in [-0.1, -0.05) is 106 Å². The van der Waals surface area contributed by atoms with Gasteiger partial charge in [-0.15, -0.1) is 23.1 Å². The van der Waals surface area contributed by atoms with Gasteiger partial charge in [0.05, 0.1) is 52.0 Å². The maximum atomic E-state index is 14.4. The van der Waals surface area contributed by atoms with E-state index in [9.17, 15) is 59.1 Å². The molecule has 0 radical (unpaired) electrons. The van der Waals surface area contributed by atoms with Crippen molar-refractivity contribution in [3.05, 3.63) is 160 Å². The molecule has 1 aromatic heterocycles. The van der Waals surface area contributed by atoms with Crippen LogP contribution in [0.25, 0.3) is 16.0 Å². The van der Waals surface area contributed by atoms with Gasteiger partial charge in [0, 0.05) is 131 Å². The van der Waals surface area contributed by atoms with E-state index in [1.165, 1.54) is 39.9 Å². The van der Waals surface area contributed by atoms with Gasteiger partial charge in [-0.25, -0.2) is 26.5 Å². The summed E-state index contributed by atoms with van der Waals surface area (Å²) in [4.78, 5) is 82.9. The number of hydrogen-bond donors (Lipinski definition) is 6. The second kappa shape index (κ2) is 37.9. The Morgan fingerprint density at radius 2 is 1.50 bits per heavy atom. The fraction of sp³-hybridized carbons (Fsp3) is 0.500. The van der Waals surface area contributed by atoms with Crippen molar-refractivity contribution < 1.29 is 63.8 Å². The van der Waals surface area contributed by atoms with Crippen LogP contribution in [-0.2, 0) is 43.8 Å². The molecule has 1 aliphatic carbocycles. The molecule has 0 saturated carbocycles. The smallest absolute Gasteiger partial charge is 0.391 e. The molecule has 3 aliphatic heterocycles. The number of benzene rings is 5. The zero-order chi connectivity index (χ0) is 79.1. The van der Waals surface area contributed by atoms with Crippen molar-refractivity contribution in [2.24, 2.45) is 10.8 Å². The highest BCUT2D eigenvalue weighted by atomic mass is 35.5. The fourth-order valence-corrected chi connectivity index (χ4v) is 18.7. The van der Waals surface area contributed by atoms with E-state index < -0.39 is 82.3 Å². The minimum Gasteiger partial charge on any atom is -0.391 e. The lowest BCUT2D eigenvalue weighted by molar-refractivity contribution is -0.144. The van der Waals surface area contributed by atoms with Gasteiger partial charge in [-0.05, 0) is 159 Å². The Kier molecular flexibility index (Phi) is 29.3. The van der Waals surface area contributed by atoms with Crippen molar-refractivity contribution in [1.29, 1.82) is 0 Å². The molecule has 4 aliphatic rings. The molecular weight excluding hydrogens is 1510 g/mol. The Labute approximate surface area is 658 Å². The fourth-order valence-electron chi connectivity index (χ4n) is 14.7. The number of sulfone groups is 1. The number of β-amino-alcohol motifs (C(OH)–C–C–N with tert-alkyl or cyclic N) is 1. The van der Waals surface area contributed by atoms with E-state index in [-0.39, 0.29) is 54.1 Å². The number of thiazole rings is 1. The number of nitrogens with zero attached hydrogens (tertiary/aromatic N) is 6. The van der Waals surface area contributed by atoms with Crippen LogP contribution >= 0.6 is 34.7 Å². The number of sulfonamides is 1. The summed E-state index contributed by atoms with van der Waals surface area (Å²) in [6.07, 6.45) is 4.39. The Hall–Kier alpha value is -7.45. The summed E-state index contributed by atoms with van der Waals surface area (Å²) in [6, 6.07) is 31.1. The van der Waals surface area contributed by atoms with Crippen molar-refractivity contribution in [2.45, 2.75) is 156 Å². The lowest BCUT2D eigenvalue weighted by atomic mass is 9.71. The molecule has 4 heterocycles. The van der Waals surface area contributed by atoms with Crippen LogP contribution in [0.2, 0.25) is 5.02 Å². The summed E-state index contributed by atoms with van der Waals surface area (Å²) in [5, 5.41) is 23.5. The van der Waals surface area contributed by atoms with Gasteiger partial charge in [-0.2, -0.15) is 13.2 Å². The number of allylic oxidation sites excluding steroid dienone is 1. The van der Waals surface area contributed by atoms with Gasteiger partial charge in [0.2, 0.25) is 23.6 Å². The second-order valence-corrected chi connectivity index (χ2v) is 36.6.